The van der Waals surface area contributed by atoms with Crippen LogP contribution in [0.4, 0.5) is 0 Å². The van der Waals surface area contributed by atoms with E-state index in [1.807, 2.05) is 0 Å². The second kappa shape index (κ2) is 9.12. The molecule has 3 aliphatic carbocycles. The fourth-order valence-corrected chi connectivity index (χ4v) is 5.78. The van der Waals surface area contributed by atoms with Crippen molar-refractivity contribution in [2.24, 2.45) is 17.6 Å². The van der Waals surface area contributed by atoms with Gasteiger partial charge in [0.2, 0.25) is 5.78 Å². The van der Waals surface area contributed by atoms with Crippen LogP contribution in [0.15, 0.2) is 29.0 Å². The zero-order valence-electron chi connectivity index (χ0n) is 20.5. The summed E-state index contributed by atoms with van der Waals surface area (Å²) < 4.78 is 0. The Hall–Kier alpha value is -3.61. The van der Waals surface area contributed by atoms with E-state index in [-0.39, 0.29) is 29.7 Å². The van der Waals surface area contributed by atoms with Gasteiger partial charge in [0.05, 0.1) is 11.6 Å². The van der Waals surface area contributed by atoms with Crippen LogP contribution in [0.3, 0.4) is 0 Å². The maximum absolute atomic E-state index is 13.8. The van der Waals surface area contributed by atoms with Crippen LogP contribution >= 0.6 is 0 Å². The highest BCUT2D eigenvalue weighted by molar-refractivity contribution is 6.24. The minimum Gasteiger partial charge on any atom is -0.508 e. The van der Waals surface area contributed by atoms with Crippen LogP contribution in [0.5, 0.6) is 5.75 Å². The summed E-state index contributed by atoms with van der Waals surface area (Å²) in [6.07, 6.45) is 2.89. The summed E-state index contributed by atoms with van der Waals surface area (Å²) in [6, 6.07) is 1.93. The molecule has 0 aromatic heterocycles. The number of likely N-dealkylation sites (N-methyl/N-ethyl adjacent to an activating group) is 1. The van der Waals surface area contributed by atoms with Crippen molar-refractivity contribution in [3.05, 3.63) is 45.7 Å². The number of nitrogens with zero attached hydrogens (tertiary/aromatic N) is 1. The number of primary amides is 1. The van der Waals surface area contributed by atoms with E-state index in [1.165, 1.54) is 11.0 Å². The number of hydrogen-bond donors (Lipinski definition) is 5. The molecular formula is C27H30N2O7. The highest BCUT2D eigenvalue weighted by Gasteiger charge is 2.64. The number of aliphatic hydroxyl groups is 3. The smallest absolute Gasteiger partial charge is 0.255 e. The molecule has 6 N–H and O–H groups in total. The average Bonchev–Trinajstić information content (AvgIpc) is 2.80. The van der Waals surface area contributed by atoms with Crippen LogP contribution < -0.4 is 5.73 Å². The average molecular weight is 495 g/mol. The number of aromatic hydroxyl groups is 1. The number of phenolic OH excluding ortho intramolecular Hbond substituents is 1. The number of Topliss-reactive ketones (excluding diaryl/α,β-unsaturated/α-hetero) is 2. The van der Waals surface area contributed by atoms with Crippen LogP contribution in [0.2, 0.25) is 0 Å². The molecule has 0 aliphatic heterocycles. The highest BCUT2D eigenvalue weighted by Crippen LogP contribution is 2.52. The summed E-state index contributed by atoms with van der Waals surface area (Å²) in [4.78, 5) is 40.4. The summed E-state index contributed by atoms with van der Waals surface area (Å²) in [6.45, 7) is 2.06. The molecule has 1 saturated carbocycles. The molecule has 0 heterocycles. The number of fused-ring (bicyclic) bond motifs is 3. The van der Waals surface area contributed by atoms with Crippen molar-refractivity contribution in [2.75, 3.05) is 14.1 Å². The van der Waals surface area contributed by atoms with Crippen LogP contribution in [0, 0.1) is 23.7 Å². The number of benzene rings is 1. The Morgan fingerprint density at radius 1 is 1.22 bits per heavy atom. The normalized spacial score (nSPS) is 27.3. The molecule has 0 saturated heterocycles. The van der Waals surface area contributed by atoms with E-state index < -0.39 is 58.0 Å². The number of amides is 1. The quantitative estimate of drug-likeness (QED) is 0.239. The van der Waals surface area contributed by atoms with Gasteiger partial charge in [0.1, 0.15) is 22.8 Å². The summed E-state index contributed by atoms with van der Waals surface area (Å²) in [5, 5.41) is 44.2. The standard InChI is InChI=1S/C27H30N2O7/c1-4-5-6-7-8-13-9-10-17(30)19-15(13)11-14-12-16-21(29(2)3)23(32)20(26(28)35)25(34)27(16,36)24(33)18(14)22(19)31/h9-10,14,16,21,30-31,34,36H,4-6,11-12H2,1-3H3,(H2,28,35)/t14?,16?,21-,27-/m0/s1. The number of carbonyl (C=O) groups is 3. The molecule has 9 nitrogen and oxygen atoms in total. The molecule has 1 amide bonds. The fourth-order valence-electron chi connectivity index (χ4n) is 5.78. The number of hydrogen-bond acceptors (Lipinski definition) is 8. The van der Waals surface area contributed by atoms with Gasteiger partial charge in [0, 0.05) is 23.5 Å². The number of aliphatic hydroxyl groups excluding tert-OH is 2. The topological polar surface area (TPSA) is 161 Å². The number of nitrogens with two attached hydrogens (primary N) is 1. The predicted molar refractivity (Wildman–Crippen MR) is 131 cm³/mol. The second-order valence-electron chi connectivity index (χ2n) is 9.85. The van der Waals surface area contributed by atoms with E-state index in [0.717, 1.165) is 12.8 Å². The molecule has 1 aromatic rings. The van der Waals surface area contributed by atoms with E-state index >= 15 is 0 Å². The van der Waals surface area contributed by atoms with Crippen molar-refractivity contribution in [1.29, 1.82) is 0 Å². The predicted octanol–water partition coefficient (Wildman–Crippen LogP) is 1.51. The van der Waals surface area contributed by atoms with Crippen molar-refractivity contribution in [3.63, 3.8) is 0 Å². The third-order valence-electron chi connectivity index (χ3n) is 7.48. The lowest BCUT2D eigenvalue weighted by molar-refractivity contribution is -0.153. The van der Waals surface area contributed by atoms with Crippen molar-refractivity contribution in [1.82, 2.24) is 4.90 Å². The zero-order valence-corrected chi connectivity index (χ0v) is 20.5. The van der Waals surface area contributed by atoms with Gasteiger partial charge in [-0.1, -0.05) is 25.2 Å². The van der Waals surface area contributed by atoms with Gasteiger partial charge in [-0.15, -0.1) is 0 Å². The Morgan fingerprint density at radius 2 is 1.92 bits per heavy atom. The number of phenols is 1. The lowest BCUT2D eigenvalue weighted by atomic mass is 9.57. The molecule has 4 rings (SSSR count). The molecule has 4 atom stereocenters. The Balaban J connectivity index is 1.91. The number of carbonyl (C=O) groups excluding carboxylic acids is 3. The van der Waals surface area contributed by atoms with E-state index in [2.05, 4.69) is 18.8 Å². The van der Waals surface area contributed by atoms with Crippen molar-refractivity contribution in [3.8, 4) is 17.6 Å². The molecule has 190 valence electrons. The molecule has 36 heavy (non-hydrogen) atoms. The Bertz CT molecular complexity index is 1300. The Labute approximate surface area is 208 Å². The molecule has 0 bridgehead atoms. The molecule has 1 fully saturated rings. The monoisotopic (exact) mass is 494 g/mol. The molecule has 0 spiro atoms. The van der Waals surface area contributed by atoms with Crippen LogP contribution in [-0.2, 0) is 20.8 Å². The minimum absolute atomic E-state index is 0.0458. The third kappa shape index (κ3) is 3.60. The van der Waals surface area contributed by atoms with Crippen LogP contribution in [-0.4, -0.2) is 68.5 Å². The Morgan fingerprint density at radius 3 is 2.53 bits per heavy atom. The van der Waals surface area contributed by atoms with E-state index in [4.69, 9.17) is 5.73 Å². The number of ketones is 2. The number of unbranched alkanes of at least 4 members (excludes halogenated alkanes) is 2. The van der Waals surface area contributed by atoms with Gasteiger partial charge in [0.15, 0.2) is 11.4 Å². The van der Waals surface area contributed by atoms with Crippen molar-refractivity contribution < 1.29 is 34.8 Å². The van der Waals surface area contributed by atoms with Gasteiger partial charge in [-0.05, 0) is 57.0 Å². The fraction of sp³-hybridized carbons (Fsp3) is 0.444. The molecule has 1 aromatic carbocycles. The summed E-state index contributed by atoms with van der Waals surface area (Å²) in [5.74, 6) is -0.460. The SMILES string of the molecule is CCCCC#Cc1ccc(O)c2c1CC1CC3[C@H](N(C)C)C(=O)C(C(N)=O)=C(O)[C@@]3(O)C(=O)C1=C2O. The molecule has 2 unspecified atom stereocenters. The lowest BCUT2D eigenvalue weighted by Crippen LogP contribution is -2.65. The Kier molecular flexibility index (Phi) is 6.45. The molecule has 9 heteroatoms. The first kappa shape index (κ1) is 25.5. The van der Waals surface area contributed by atoms with Gasteiger partial charge in [-0.25, -0.2) is 0 Å². The first-order valence-corrected chi connectivity index (χ1v) is 11.9. The summed E-state index contributed by atoms with van der Waals surface area (Å²) >= 11 is 0. The summed E-state index contributed by atoms with van der Waals surface area (Å²) in [7, 11) is 3.13. The lowest BCUT2D eigenvalue weighted by Gasteiger charge is -2.50. The van der Waals surface area contributed by atoms with Crippen molar-refractivity contribution >= 4 is 23.2 Å². The zero-order chi connectivity index (χ0) is 26.5. The summed E-state index contributed by atoms with van der Waals surface area (Å²) in [5.41, 5.74) is 2.92. The van der Waals surface area contributed by atoms with Crippen LogP contribution in [0.1, 0.15) is 49.3 Å². The van der Waals surface area contributed by atoms with Gasteiger partial charge in [-0.3, -0.25) is 19.3 Å². The molecule has 3 aliphatic rings. The van der Waals surface area contributed by atoms with E-state index in [9.17, 15) is 34.8 Å². The van der Waals surface area contributed by atoms with E-state index in [0.29, 0.717) is 17.5 Å². The van der Waals surface area contributed by atoms with Gasteiger partial charge in [-0.2, -0.15) is 0 Å². The van der Waals surface area contributed by atoms with Crippen molar-refractivity contribution in [2.45, 2.75) is 50.7 Å². The van der Waals surface area contributed by atoms with Gasteiger partial charge >= 0.3 is 0 Å². The maximum atomic E-state index is 13.8. The van der Waals surface area contributed by atoms with E-state index in [1.54, 1.807) is 20.2 Å². The van der Waals surface area contributed by atoms with Gasteiger partial charge in [0.25, 0.3) is 5.91 Å². The largest absolute Gasteiger partial charge is 0.508 e. The first-order chi connectivity index (χ1) is 17.0. The number of rotatable bonds is 4. The third-order valence-corrected chi connectivity index (χ3v) is 7.48. The first-order valence-electron chi connectivity index (χ1n) is 11.9. The minimum atomic E-state index is -2.64. The van der Waals surface area contributed by atoms with Gasteiger partial charge < -0.3 is 26.2 Å². The second-order valence-corrected chi connectivity index (χ2v) is 9.85. The van der Waals surface area contributed by atoms with Crippen LogP contribution in [0.25, 0.3) is 5.76 Å². The highest BCUT2D eigenvalue weighted by atomic mass is 16.3. The maximum Gasteiger partial charge on any atom is 0.255 e. The molecule has 0 radical (unpaired) electrons. The molecular weight excluding hydrogens is 464 g/mol.